The summed E-state index contributed by atoms with van der Waals surface area (Å²) in [5.41, 5.74) is 3.88. The highest BCUT2D eigenvalue weighted by atomic mass is 16.3. The smallest absolute Gasteiger partial charge is 0.243 e. The van der Waals surface area contributed by atoms with Gasteiger partial charge in [-0.1, -0.05) is 44.2 Å². The first-order valence-corrected chi connectivity index (χ1v) is 11.2. The van der Waals surface area contributed by atoms with Crippen molar-refractivity contribution in [3.05, 3.63) is 90.0 Å². The Morgan fingerprint density at radius 2 is 1.82 bits per heavy atom. The third-order valence-electron chi connectivity index (χ3n) is 6.19. The lowest BCUT2D eigenvalue weighted by Gasteiger charge is -2.36. The molecule has 5 rings (SSSR count). The Morgan fingerprint density at radius 3 is 2.58 bits per heavy atom. The highest BCUT2D eigenvalue weighted by molar-refractivity contribution is 6.02. The Labute approximate surface area is 193 Å². The monoisotopic (exact) mass is 441 g/mol. The van der Waals surface area contributed by atoms with Crippen LogP contribution in [0.5, 0.6) is 0 Å². The number of allylic oxidation sites excluding steroid dienone is 1. The zero-order valence-corrected chi connectivity index (χ0v) is 18.8. The van der Waals surface area contributed by atoms with Crippen LogP contribution in [0.15, 0.2) is 88.7 Å². The number of benzene rings is 2. The summed E-state index contributed by atoms with van der Waals surface area (Å²) in [5.74, 6) is 0.554. The lowest BCUT2D eigenvalue weighted by atomic mass is 9.74. The Balaban J connectivity index is 1.61. The van der Waals surface area contributed by atoms with Crippen LogP contribution < -0.4 is 15.5 Å². The number of Topliss-reactive ketones (excluding diaryl/α,β-unsaturated/α-hetero) is 1. The number of hydrogen-bond acceptors (Lipinski definition) is 5. The lowest BCUT2D eigenvalue weighted by molar-refractivity contribution is -0.119. The maximum absolute atomic E-state index is 13.5. The molecule has 0 spiro atoms. The van der Waals surface area contributed by atoms with Crippen LogP contribution in [0, 0.1) is 5.41 Å². The zero-order valence-electron chi connectivity index (χ0n) is 18.8. The summed E-state index contributed by atoms with van der Waals surface area (Å²) in [5, 5.41) is 6.51. The molecule has 0 saturated carbocycles. The molecule has 2 heterocycles. The molecule has 2 aliphatic rings. The van der Waals surface area contributed by atoms with E-state index in [4.69, 9.17) is 4.42 Å². The minimum atomic E-state index is -0.503. The van der Waals surface area contributed by atoms with Crippen molar-refractivity contribution < 1.29 is 14.0 Å². The van der Waals surface area contributed by atoms with Gasteiger partial charge < -0.3 is 20.0 Å². The van der Waals surface area contributed by atoms with Gasteiger partial charge in [-0.15, -0.1) is 0 Å². The van der Waals surface area contributed by atoms with Gasteiger partial charge in [0.15, 0.2) is 5.78 Å². The Bertz CT molecular complexity index is 1210. The van der Waals surface area contributed by atoms with Crippen LogP contribution in [0.25, 0.3) is 0 Å². The maximum atomic E-state index is 13.5. The number of amides is 1. The second-order valence-electron chi connectivity index (χ2n) is 9.44. The van der Waals surface area contributed by atoms with E-state index in [0.29, 0.717) is 17.8 Å². The lowest BCUT2D eigenvalue weighted by Crippen LogP contribution is -2.40. The molecule has 168 valence electrons. The van der Waals surface area contributed by atoms with E-state index in [1.807, 2.05) is 71.6 Å². The quantitative estimate of drug-likeness (QED) is 0.556. The molecule has 0 saturated heterocycles. The number of ketones is 1. The molecule has 1 aliphatic heterocycles. The maximum Gasteiger partial charge on any atom is 0.243 e. The first kappa shape index (κ1) is 21.1. The molecular weight excluding hydrogens is 414 g/mol. The highest BCUT2D eigenvalue weighted by Crippen LogP contribution is 2.48. The van der Waals surface area contributed by atoms with Crippen molar-refractivity contribution >= 4 is 28.8 Å². The van der Waals surface area contributed by atoms with Gasteiger partial charge in [-0.05, 0) is 48.2 Å². The standard InChI is InChI=1S/C27H27N3O3/c1-27(2)15-20-25(22(31)16-27)26(23-13-8-14-33-23)30(21-12-7-6-11-19(21)29-20)17-24(32)28-18-9-4-3-5-10-18/h3-14,26,29H,15-17H2,1-2H3,(H,28,32). The van der Waals surface area contributed by atoms with E-state index in [2.05, 4.69) is 24.5 Å². The number of carbonyl (C=O) groups excluding carboxylic acids is 2. The molecule has 33 heavy (non-hydrogen) atoms. The van der Waals surface area contributed by atoms with Gasteiger partial charge in [-0.25, -0.2) is 0 Å². The van der Waals surface area contributed by atoms with E-state index in [9.17, 15) is 9.59 Å². The predicted molar refractivity (Wildman–Crippen MR) is 129 cm³/mol. The van der Waals surface area contributed by atoms with E-state index < -0.39 is 6.04 Å². The Morgan fingerprint density at radius 1 is 1.06 bits per heavy atom. The molecule has 0 bridgehead atoms. The van der Waals surface area contributed by atoms with Crippen molar-refractivity contribution in [1.29, 1.82) is 0 Å². The van der Waals surface area contributed by atoms with Gasteiger partial charge in [0.05, 0.1) is 24.2 Å². The number of furan rings is 1. The molecule has 1 aromatic heterocycles. The van der Waals surface area contributed by atoms with Gasteiger partial charge >= 0.3 is 0 Å². The van der Waals surface area contributed by atoms with Gasteiger partial charge in [0.1, 0.15) is 11.8 Å². The zero-order chi connectivity index (χ0) is 23.0. The van der Waals surface area contributed by atoms with Crippen LogP contribution in [0.4, 0.5) is 17.1 Å². The first-order valence-electron chi connectivity index (χ1n) is 11.2. The van der Waals surface area contributed by atoms with Crippen molar-refractivity contribution in [3.8, 4) is 0 Å². The van der Waals surface area contributed by atoms with Crippen molar-refractivity contribution in [2.75, 3.05) is 22.1 Å². The largest absolute Gasteiger partial charge is 0.467 e. The van der Waals surface area contributed by atoms with E-state index in [1.54, 1.807) is 6.26 Å². The van der Waals surface area contributed by atoms with Crippen LogP contribution in [0.2, 0.25) is 0 Å². The van der Waals surface area contributed by atoms with Gasteiger partial charge in [0.25, 0.3) is 0 Å². The van der Waals surface area contributed by atoms with Crippen molar-refractivity contribution in [2.45, 2.75) is 32.7 Å². The third kappa shape index (κ3) is 4.16. The molecule has 6 heteroatoms. The van der Waals surface area contributed by atoms with Crippen LogP contribution in [-0.4, -0.2) is 18.2 Å². The number of fused-ring (bicyclic) bond motifs is 1. The number of rotatable bonds is 4. The molecule has 2 N–H and O–H groups in total. The third-order valence-corrected chi connectivity index (χ3v) is 6.19. The summed E-state index contributed by atoms with van der Waals surface area (Å²) in [6.45, 7) is 4.28. The number of para-hydroxylation sites is 3. The summed E-state index contributed by atoms with van der Waals surface area (Å²) in [6.07, 6.45) is 2.80. The van der Waals surface area contributed by atoms with Crippen molar-refractivity contribution in [3.63, 3.8) is 0 Å². The summed E-state index contributed by atoms with van der Waals surface area (Å²) in [7, 11) is 0. The van der Waals surface area contributed by atoms with E-state index in [-0.39, 0.29) is 23.7 Å². The van der Waals surface area contributed by atoms with E-state index in [0.717, 1.165) is 29.2 Å². The first-order chi connectivity index (χ1) is 15.9. The second kappa shape index (κ2) is 8.28. The molecule has 0 fully saturated rings. The Hall–Kier alpha value is -3.80. The molecule has 1 amide bonds. The summed E-state index contributed by atoms with van der Waals surface area (Å²) in [4.78, 5) is 28.6. The number of nitrogens with zero attached hydrogens (tertiary/aromatic N) is 1. The molecule has 1 atom stereocenters. The minimum absolute atomic E-state index is 0.0619. The van der Waals surface area contributed by atoms with Crippen molar-refractivity contribution in [2.24, 2.45) is 5.41 Å². The minimum Gasteiger partial charge on any atom is -0.467 e. The molecule has 3 aromatic rings. The SMILES string of the molecule is CC1(C)CC(=O)C2=C(C1)Nc1ccccc1N(CC(=O)Nc1ccccc1)C2c1ccco1. The van der Waals surface area contributed by atoms with Crippen LogP contribution in [0.3, 0.4) is 0 Å². The van der Waals surface area contributed by atoms with E-state index >= 15 is 0 Å². The van der Waals surface area contributed by atoms with Gasteiger partial charge in [-0.2, -0.15) is 0 Å². The normalized spacial score (nSPS) is 19.3. The number of anilines is 3. The predicted octanol–water partition coefficient (Wildman–Crippen LogP) is 5.53. The molecular formula is C27H27N3O3. The molecule has 2 aromatic carbocycles. The van der Waals surface area contributed by atoms with Crippen LogP contribution in [-0.2, 0) is 9.59 Å². The number of hydrogen-bond donors (Lipinski definition) is 2. The molecule has 1 aliphatic carbocycles. The summed E-state index contributed by atoms with van der Waals surface area (Å²) in [6, 6.07) is 20.4. The van der Waals surface area contributed by atoms with Crippen LogP contribution in [0.1, 0.15) is 38.5 Å². The summed E-state index contributed by atoms with van der Waals surface area (Å²) >= 11 is 0. The fourth-order valence-electron chi connectivity index (χ4n) is 4.85. The van der Waals surface area contributed by atoms with Crippen LogP contribution >= 0.6 is 0 Å². The average Bonchev–Trinajstić information content (AvgIpc) is 3.26. The van der Waals surface area contributed by atoms with E-state index in [1.165, 1.54) is 0 Å². The van der Waals surface area contributed by atoms with Crippen molar-refractivity contribution in [1.82, 2.24) is 0 Å². The van der Waals surface area contributed by atoms with Gasteiger partial charge in [0.2, 0.25) is 5.91 Å². The second-order valence-corrected chi connectivity index (χ2v) is 9.44. The molecule has 0 radical (unpaired) electrons. The highest BCUT2D eigenvalue weighted by Gasteiger charge is 2.42. The summed E-state index contributed by atoms with van der Waals surface area (Å²) < 4.78 is 5.84. The molecule has 1 unspecified atom stereocenters. The van der Waals surface area contributed by atoms with Gasteiger partial charge in [-0.3, -0.25) is 9.59 Å². The average molecular weight is 442 g/mol. The fraction of sp³-hybridized carbons (Fsp3) is 0.259. The fourth-order valence-corrected chi connectivity index (χ4v) is 4.85. The molecule has 6 nitrogen and oxygen atoms in total. The Kier molecular flexibility index (Phi) is 5.29. The van der Waals surface area contributed by atoms with Gasteiger partial charge in [0, 0.05) is 23.4 Å². The topological polar surface area (TPSA) is 74.6 Å². The number of carbonyl (C=O) groups is 2. The number of nitrogens with one attached hydrogen (secondary N) is 2.